The third-order valence-corrected chi connectivity index (χ3v) is 6.40. The van der Waals surface area contributed by atoms with E-state index in [1.54, 1.807) is 0 Å². The van der Waals surface area contributed by atoms with E-state index in [9.17, 15) is 4.39 Å². The van der Waals surface area contributed by atoms with Crippen LogP contribution in [0.5, 0.6) is 0 Å². The Hall–Kier alpha value is -2.73. The van der Waals surface area contributed by atoms with Crippen molar-refractivity contribution in [2.45, 2.75) is 25.3 Å². The van der Waals surface area contributed by atoms with Crippen LogP contribution in [-0.2, 0) is 5.54 Å². The summed E-state index contributed by atoms with van der Waals surface area (Å²) in [5, 5.41) is 3.19. The number of anilines is 1. The number of aromatic nitrogens is 3. The Bertz CT molecular complexity index is 1020. The zero-order valence-electron chi connectivity index (χ0n) is 16.2. The number of hydrogen-bond acceptors (Lipinski definition) is 4. The number of fused-ring (bicyclic) bond motifs is 2. The number of benzene rings is 1. The molecule has 0 aliphatic carbocycles. The Morgan fingerprint density at radius 1 is 1.07 bits per heavy atom. The summed E-state index contributed by atoms with van der Waals surface area (Å²) in [6, 6.07) is 8.70. The molecule has 0 atom stereocenters. The third-order valence-electron chi connectivity index (χ3n) is 6.40. The highest BCUT2D eigenvalue weighted by Gasteiger charge is 2.46. The van der Waals surface area contributed by atoms with E-state index in [2.05, 4.69) is 32.8 Å². The second kappa shape index (κ2) is 6.41. The molecule has 0 spiro atoms. The van der Waals surface area contributed by atoms with E-state index >= 15 is 0 Å². The minimum atomic E-state index is -0.233. The second-order valence-electron chi connectivity index (χ2n) is 7.90. The maximum atomic E-state index is 13.5. The van der Waals surface area contributed by atoms with Crippen LogP contribution >= 0.6 is 0 Å². The first-order chi connectivity index (χ1) is 13.6. The van der Waals surface area contributed by atoms with E-state index in [0.29, 0.717) is 0 Å². The zero-order chi connectivity index (χ0) is 19.3. The Kier molecular flexibility index (Phi) is 3.98. The van der Waals surface area contributed by atoms with Gasteiger partial charge in [0.1, 0.15) is 11.6 Å². The fourth-order valence-corrected chi connectivity index (χ4v) is 4.85. The lowest BCUT2D eigenvalue weighted by molar-refractivity contribution is 0.317. The summed E-state index contributed by atoms with van der Waals surface area (Å²) in [5.74, 6) is 0.635. The van der Waals surface area contributed by atoms with Crippen LogP contribution in [0.2, 0.25) is 0 Å². The van der Waals surface area contributed by atoms with E-state index in [1.807, 2.05) is 31.7 Å². The lowest BCUT2D eigenvalue weighted by Gasteiger charge is -2.30. The van der Waals surface area contributed by atoms with Crippen molar-refractivity contribution in [1.82, 2.24) is 19.4 Å². The smallest absolute Gasteiger partial charge is 0.129 e. The molecule has 1 aromatic carbocycles. The van der Waals surface area contributed by atoms with Gasteiger partial charge in [0.25, 0.3) is 0 Å². The molecule has 0 unspecified atom stereocenters. The molecule has 1 N–H and O–H groups in total. The van der Waals surface area contributed by atoms with Crippen LogP contribution in [0, 0.1) is 12.7 Å². The average Bonchev–Trinajstić information content (AvgIpc) is 3.43. The van der Waals surface area contributed by atoms with Gasteiger partial charge < -0.3 is 14.8 Å². The molecular formula is C22H24FN5. The Labute approximate surface area is 164 Å². The van der Waals surface area contributed by atoms with Gasteiger partial charge in [-0.05, 0) is 50.1 Å². The van der Waals surface area contributed by atoms with Crippen molar-refractivity contribution in [2.75, 3.05) is 32.0 Å². The minimum absolute atomic E-state index is 0.0934. The Morgan fingerprint density at radius 2 is 1.82 bits per heavy atom. The van der Waals surface area contributed by atoms with Gasteiger partial charge in [-0.2, -0.15) is 0 Å². The van der Waals surface area contributed by atoms with Gasteiger partial charge in [-0.25, -0.2) is 14.4 Å². The topological polar surface area (TPSA) is 46.0 Å². The molecule has 5 nitrogen and oxygen atoms in total. The molecule has 0 radical (unpaired) electrons. The van der Waals surface area contributed by atoms with Crippen LogP contribution in [0.4, 0.5) is 10.2 Å². The molecule has 144 valence electrons. The standard InChI is InChI=1S/C22H24FN5/c1-15-18(7-10-25-21(15)24-2)20-19(16-3-5-17(23)6-4-16)26-14-28(20)22-8-11-27(13-22)12-9-22/h3-7,10,14H,8-9,11-13H2,1-2H3,(H,24,25). The monoisotopic (exact) mass is 377 g/mol. The van der Waals surface area contributed by atoms with E-state index in [-0.39, 0.29) is 11.4 Å². The molecule has 2 fully saturated rings. The molecule has 2 bridgehead atoms. The lowest BCUT2D eigenvalue weighted by Crippen LogP contribution is -2.32. The van der Waals surface area contributed by atoms with Gasteiger partial charge in [0.2, 0.25) is 0 Å². The van der Waals surface area contributed by atoms with Crippen LogP contribution in [-0.4, -0.2) is 46.1 Å². The quantitative estimate of drug-likeness (QED) is 0.749. The first-order valence-corrected chi connectivity index (χ1v) is 9.81. The lowest BCUT2D eigenvalue weighted by atomic mass is 9.92. The van der Waals surface area contributed by atoms with Gasteiger partial charge in [0, 0.05) is 49.6 Å². The number of nitrogens with zero attached hydrogens (tertiary/aromatic N) is 4. The highest BCUT2D eigenvalue weighted by Crippen LogP contribution is 2.44. The summed E-state index contributed by atoms with van der Waals surface area (Å²) in [5.41, 5.74) is 5.25. The van der Waals surface area contributed by atoms with E-state index in [4.69, 9.17) is 4.98 Å². The van der Waals surface area contributed by atoms with Gasteiger partial charge in [0.15, 0.2) is 0 Å². The summed E-state index contributed by atoms with van der Waals surface area (Å²) >= 11 is 0. The average molecular weight is 377 g/mol. The predicted octanol–water partition coefficient (Wildman–Crippen LogP) is 3.91. The van der Waals surface area contributed by atoms with Crippen LogP contribution < -0.4 is 5.32 Å². The van der Waals surface area contributed by atoms with Gasteiger partial charge >= 0.3 is 0 Å². The second-order valence-corrected chi connectivity index (χ2v) is 7.90. The number of halogens is 1. The minimum Gasteiger partial charge on any atom is -0.373 e. The number of nitrogens with one attached hydrogen (secondary N) is 1. The van der Waals surface area contributed by atoms with Gasteiger partial charge in [-0.15, -0.1) is 0 Å². The Balaban J connectivity index is 1.75. The zero-order valence-corrected chi connectivity index (χ0v) is 16.2. The van der Waals surface area contributed by atoms with Gasteiger partial charge in [-0.3, -0.25) is 0 Å². The van der Waals surface area contributed by atoms with Crippen molar-refractivity contribution in [3.05, 3.63) is 54.2 Å². The van der Waals surface area contributed by atoms with Crippen molar-refractivity contribution in [3.63, 3.8) is 0 Å². The van der Waals surface area contributed by atoms with E-state index in [1.165, 1.54) is 12.1 Å². The summed E-state index contributed by atoms with van der Waals surface area (Å²) in [4.78, 5) is 11.8. The van der Waals surface area contributed by atoms with Crippen molar-refractivity contribution in [2.24, 2.45) is 0 Å². The van der Waals surface area contributed by atoms with Crippen molar-refractivity contribution < 1.29 is 4.39 Å². The number of pyridine rings is 1. The molecule has 2 aliphatic heterocycles. The molecule has 0 amide bonds. The van der Waals surface area contributed by atoms with Crippen LogP contribution in [0.1, 0.15) is 18.4 Å². The maximum Gasteiger partial charge on any atom is 0.129 e. The van der Waals surface area contributed by atoms with Crippen LogP contribution in [0.3, 0.4) is 0 Å². The Morgan fingerprint density at radius 3 is 2.46 bits per heavy atom. The highest BCUT2D eigenvalue weighted by atomic mass is 19.1. The van der Waals surface area contributed by atoms with Crippen LogP contribution in [0.25, 0.3) is 22.5 Å². The summed E-state index contributed by atoms with van der Waals surface area (Å²) in [7, 11) is 1.89. The van der Waals surface area contributed by atoms with Gasteiger partial charge in [-0.1, -0.05) is 0 Å². The molecular weight excluding hydrogens is 353 g/mol. The third kappa shape index (κ3) is 2.55. The fourth-order valence-electron chi connectivity index (χ4n) is 4.85. The van der Waals surface area contributed by atoms with Gasteiger partial charge in [0.05, 0.1) is 23.3 Å². The predicted molar refractivity (Wildman–Crippen MR) is 109 cm³/mol. The van der Waals surface area contributed by atoms with Crippen molar-refractivity contribution >= 4 is 5.82 Å². The summed E-state index contributed by atoms with van der Waals surface area (Å²) in [6.45, 7) is 5.44. The fraction of sp³-hybridized carbons (Fsp3) is 0.364. The number of piperidine rings is 1. The molecule has 5 rings (SSSR count). The van der Waals surface area contributed by atoms with Crippen LogP contribution in [0.15, 0.2) is 42.9 Å². The summed E-state index contributed by atoms with van der Waals surface area (Å²) < 4.78 is 15.9. The van der Waals surface area contributed by atoms with E-state index in [0.717, 1.165) is 66.4 Å². The number of hydrogen-bond donors (Lipinski definition) is 1. The first-order valence-electron chi connectivity index (χ1n) is 9.81. The SMILES string of the molecule is CNc1nccc(-c2c(-c3ccc(F)cc3)ncn2C23CCN(CC2)C3)c1C. The molecule has 0 saturated carbocycles. The molecule has 28 heavy (non-hydrogen) atoms. The normalized spacial score (nSPS) is 23.3. The first kappa shape index (κ1) is 17.4. The molecule has 2 aromatic heterocycles. The largest absolute Gasteiger partial charge is 0.373 e. The molecule has 4 heterocycles. The summed E-state index contributed by atoms with van der Waals surface area (Å²) in [6.07, 6.45) is 6.11. The number of imidazole rings is 1. The highest BCUT2D eigenvalue weighted by molar-refractivity contribution is 5.82. The molecule has 6 heteroatoms. The molecule has 2 aliphatic rings. The van der Waals surface area contributed by atoms with Crippen molar-refractivity contribution in [3.8, 4) is 22.5 Å². The molecule has 2 saturated heterocycles. The maximum absolute atomic E-state index is 13.5. The van der Waals surface area contributed by atoms with Crippen molar-refractivity contribution in [1.29, 1.82) is 0 Å². The van der Waals surface area contributed by atoms with E-state index < -0.39 is 0 Å². The molecule has 3 aromatic rings. The number of rotatable bonds is 4.